The van der Waals surface area contributed by atoms with Gasteiger partial charge in [-0.15, -0.1) is 0 Å². The molecule has 4 nitrogen and oxygen atoms in total. The molecule has 1 atom stereocenters. The molecule has 1 aromatic heterocycles. The summed E-state index contributed by atoms with van der Waals surface area (Å²) in [6, 6.07) is 11.2. The minimum absolute atomic E-state index is 0.508. The molecule has 1 N–H and O–H groups in total. The fourth-order valence-corrected chi connectivity index (χ4v) is 2.95. The number of rotatable bonds is 6. The first-order valence-electron chi connectivity index (χ1n) is 7.77. The van der Waals surface area contributed by atoms with Crippen molar-refractivity contribution in [2.24, 2.45) is 0 Å². The summed E-state index contributed by atoms with van der Waals surface area (Å²) in [7, 11) is 0. The number of hydrogen-bond acceptors (Lipinski definition) is 4. The van der Waals surface area contributed by atoms with Gasteiger partial charge in [-0.3, -0.25) is 0 Å². The number of fused-ring (bicyclic) bond motifs is 1. The monoisotopic (exact) mass is 285 g/mol. The van der Waals surface area contributed by atoms with Crippen molar-refractivity contribution < 1.29 is 4.52 Å². The number of nitrogens with zero attached hydrogens (tertiary/aromatic N) is 2. The maximum atomic E-state index is 5.49. The van der Waals surface area contributed by atoms with E-state index in [0.717, 1.165) is 43.9 Å². The van der Waals surface area contributed by atoms with E-state index in [1.54, 1.807) is 0 Å². The van der Waals surface area contributed by atoms with Gasteiger partial charge in [0.2, 0.25) is 0 Å². The third-order valence-corrected chi connectivity index (χ3v) is 4.02. The van der Waals surface area contributed by atoms with E-state index < -0.39 is 0 Å². The predicted octanol–water partition coefficient (Wildman–Crippen LogP) is 3.13. The number of hydrogen-bond donors (Lipinski definition) is 1. The fourth-order valence-electron chi connectivity index (χ4n) is 2.95. The van der Waals surface area contributed by atoms with Crippen molar-refractivity contribution in [3.63, 3.8) is 0 Å². The Morgan fingerprint density at radius 2 is 2.24 bits per heavy atom. The first-order valence-corrected chi connectivity index (χ1v) is 7.77. The average Bonchev–Trinajstić information content (AvgIpc) is 3.05. The molecule has 0 aliphatic carbocycles. The molecule has 0 radical (unpaired) electrons. The first kappa shape index (κ1) is 14.1. The van der Waals surface area contributed by atoms with Crippen molar-refractivity contribution in [3.8, 4) is 0 Å². The lowest BCUT2D eigenvalue weighted by Crippen LogP contribution is -2.28. The molecule has 0 fully saturated rings. The third kappa shape index (κ3) is 3.10. The van der Waals surface area contributed by atoms with E-state index in [-0.39, 0.29) is 0 Å². The maximum absolute atomic E-state index is 5.49. The summed E-state index contributed by atoms with van der Waals surface area (Å²) >= 11 is 0. The molecule has 3 rings (SSSR count). The van der Waals surface area contributed by atoms with E-state index >= 15 is 0 Å². The van der Waals surface area contributed by atoms with Crippen LogP contribution in [0.4, 0.5) is 5.69 Å². The quantitative estimate of drug-likeness (QED) is 0.828. The molecule has 21 heavy (non-hydrogen) atoms. The van der Waals surface area contributed by atoms with Crippen LogP contribution in [0.15, 0.2) is 34.9 Å². The molecule has 1 unspecified atom stereocenters. The molecule has 0 bridgehead atoms. The van der Waals surface area contributed by atoms with Gasteiger partial charge in [-0.05, 0) is 37.9 Å². The van der Waals surface area contributed by atoms with Crippen LogP contribution in [0, 0.1) is 0 Å². The van der Waals surface area contributed by atoms with Crippen LogP contribution < -0.4 is 10.2 Å². The summed E-state index contributed by atoms with van der Waals surface area (Å²) in [6.07, 6.45) is 2.24. The van der Waals surface area contributed by atoms with Crippen molar-refractivity contribution in [2.75, 3.05) is 11.4 Å². The van der Waals surface area contributed by atoms with Crippen LogP contribution in [-0.2, 0) is 19.5 Å². The van der Waals surface area contributed by atoms with Gasteiger partial charge >= 0.3 is 0 Å². The molecule has 1 aliphatic heterocycles. The smallest absolute Gasteiger partial charge is 0.156 e. The Labute approximate surface area is 126 Å². The molecule has 0 amide bonds. The Morgan fingerprint density at radius 3 is 3.10 bits per heavy atom. The Hall–Kier alpha value is -1.81. The van der Waals surface area contributed by atoms with Gasteiger partial charge in [0.25, 0.3) is 0 Å². The number of nitrogens with one attached hydrogen (secondary N) is 1. The fraction of sp³-hybridized carbons (Fsp3) is 0.471. The lowest BCUT2D eigenvalue weighted by Gasteiger charge is -2.23. The van der Waals surface area contributed by atoms with Crippen LogP contribution in [0.2, 0.25) is 0 Å². The summed E-state index contributed by atoms with van der Waals surface area (Å²) in [4.78, 5) is 2.40. The topological polar surface area (TPSA) is 41.3 Å². The Morgan fingerprint density at radius 1 is 1.38 bits per heavy atom. The third-order valence-electron chi connectivity index (χ3n) is 4.02. The highest BCUT2D eigenvalue weighted by molar-refractivity contribution is 5.59. The van der Waals surface area contributed by atoms with E-state index in [4.69, 9.17) is 4.52 Å². The lowest BCUT2D eigenvalue weighted by molar-refractivity contribution is 0.371. The van der Waals surface area contributed by atoms with Crippen molar-refractivity contribution in [2.45, 2.75) is 45.8 Å². The molecule has 0 spiro atoms. The van der Waals surface area contributed by atoms with Gasteiger partial charge < -0.3 is 14.7 Å². The van der Waals surface area contributed by atoms with E-state index in [9.17, 15) is 0 Å². The molecule has 0 saturated carbocycles. The van der Waals surface area contributed by atoms with Crippen molar-refractivity contribution in [3.05, 3.63) is 47.3 Å². The Kier molecular flexibility index (Phi) is 4.25. The van der Waals surface area contributed by atoms with Gasteiger partial charge in [0.05, 0.1) is 12.2 Å². The van der Waals surface area contributed by atoms with Gasteiger partial charge in [0, 0.05) is 24.3 Å². The Balaban J connectivity index is 1.67. The highest BCUT2D eigenvalue weighted by Crippen LogP contribution is 2.33. The number of benzene rings is 1. The Bertz CT molecular complexity index is 593. The SMILES string of the molecule is CCCNCc1cc(CN2c3ccccc3CC2C)on1. The van der Waals surface area contributed by atoms with Gasteiger partial charge in [-0.25, -0.2) is 0 Å². The van der Waals surface area contributed by atoms with Crippen molar-refractivity contribution in [1.29, 1.82) is 0 Å². The second-order valence-corrected chi connectivity index (χ2v) is 5.77. The zero-order chi connectivity index (χ0) is 14.7. The number of aromatic nitrogens is 1. The second kappa shape index (κ2) is 6.31. The van der Waals surface area contributed by atoms with Crippen LogP contribution in [-0.4, -0.2) is 17.7 Å². The molecule has 1 aliphatic rings. The molecule has 2 aromatic rings. The summed E-state index contributed by atoms with van der Waals surface area (Å²) in [5.41, 5.74) is 3.74. The molecular weight excluding hydrogens is 262 g/mol. The molecule has 2 heterocycles. The van der Waals surface area contributed by atoms with Crippen LogP contribution in [0.3, 0.4) is 0 Å². The first-order chi connectivity index (χ1) is 10.3. The summed E-state index contributed by atoms with van der Waals surface area (Å²) in [6.45, 7) is 7.01. The zero-order valence-corrected chi connectivity index (χ0v) is 12.8. The molecule has 0 saturated heterocycles. The maximum Gasteiger partial charge on any atom is 0.156 e. The molecule has 112 valence electrons. The highest BCUT2D eigenvalue weighted by Gasteiger charge is 2.26. The number of para-hydroxylation sites is 1. The zero-order valence-electron chi connectivity index (χ0n) is 12.8. The van der Waals surface area contributed by atoms with E-state index in [2.05, 4.69) is 59.6 Å². The summed E-state index contributed by atoms with van der Waals surface area (Å²) in [5, 5.41) is 7.49. The van der Waals surface area contributed by atoms with Crippen molar-refractivity contribution >= 4 is 5.69 Å². The molecule has 1 aromatic carbocycles. The molecular formula is C17H23N3O. The van der Waals surface area contributed by atoms with E-state index in [1.807, 2.05) is 0 Å². The van der Waals surface area contributed by atoms with Gasteiger partial charge in [-0.2, -0.15) is 0 Å². The van der Waals surface area contributed by atoms with Crippen LogP contribution >= 0.6 is 0 Å². The van der Waals surface area contributed by atoms with Crippen LogP contribution in [0.1, 0.15) is 37.3 Å². The van der Waals surface area contributed by atoms with Gasteiger partial charge in [-0.1, -0.05) is 30.3 Å². The van der Waals surface area contributed by atoms with Crippen LogP contribution in [0.5, 0.6) is 0 Å². The highest BCUT2D eigenvalue weighted by atomic mass is 16.5. The van der Waals surface area contributed by atoms with Crippen molar-refractivity contribution in [1.82, 2.24) is 10.5 Å². The van der Waals surface area contributed by atoms with E-state index in [0.29, 0.717) is 6.04 Å². The van der Waals surface area contributed by atoms with Gasteiger partial charge in [0.15, 0.2) is 5.76 Å². The molecule has 4 heteroatoms. The van der Waals surface area contributed by atoms with Gasteiger partial charge in [0.1, 0.15) is 0 Å². The normalized spacial score (nSPS) is 17.2. The lowest BCUT2D eigenvalue weighted by atomic mass is 10.1. The summed E-state index contributed by atoms with van der Waals surface area (Å²) < 4.78 is 5.49. The summed E-state index contributed by atoms with van der Waals surface area (Å²) in [5.74, 6) is 0.937. The number of anilines is 1. The minimum Gasteiger partial charge on any atom is -0.361 e. The predicted molar refractivity (Wildman–Crippen MR) is 84.3 cm³/mol. The second-order valence-electron chi connectivity index (χ2n) is 5.77. The minimum atomic E-state index is 0.508. The van der Waals surface area contributed by atoms with Crippen LogP contribution in [0.25, 0.3) is 0 Å². The van der Waals surface area contributed by atoms with E-state index in [1.165, 1.54) is 11.3 Å². The standard InChI is InChI=1S/C17H23N3O/c1-3-8-18-11-15-10-16(21-19-15)12-20-13(2)9-14-6-4-5-7-17(14)20/h4-7,10,13,18H,3,8-9,11-12H2,1-2H3. The largest absolute Gasteiger partial charge is 0.361 e. The average molecular weight is 285 g/mol.